The van der Waals surface area contributed by atoms with Gasteiger partial charge in [-0.15, -0.1) is 10.2 Å². The average molecular weight is 496 g/mol. The van der Waals surface area contributed by atoms with Crippen LogP contribution < -0.4 is 5.73 Å². The van der Waals surface area contributed by atoms with Gasteiger partial charge in [-0.3, -0.25) is 9.54 Å². The molecule has 0 radical (unpaired) electrons. The van der Waals surface area contributed by atoms with Gasteiger partial charge in [0.15, 0.2) is 0 Å². The summed E-state index contributed by atoms with van der Waals surface area (Å²) in [5, 5.41) is 8.51. The van der Waals surface area contributed by atoms with Crippen LogP contribution in [0.3, 0.4) is 0 Å². The van der Waals surface area contributed by atoms with Crippen molar-refractivity contribution < 1.29 is 26.1 Å². The van der Waals surface area contributed by atoms with Gasteiger partial charge in [0, 0.05) is 16.3 Å². The molecule has 0 bridgehead atoms. The summed E-state index contributed by atoms with van der Waals surface area (Å²) in [5.74, 6) is 0. The van der Waals surface area contributed by atoms with E-state index < -0.39 is 21.9 Å². The molecule has 1 heterocycles. The predicted molar refractivity (Wildman–Crippen MR) is 124 cm³/mol. The van der Waals surface area contributed by atoms with Crippen LogP contribution >= 0.6 is 0 Å². The zero-order chi connectivity index (χ0) is 23.8. The van der Waals surface area contributed by atoms with Gasteiger partial charge in [0.1, 0.15) is 16.3 Å². The number of hydrogen-bond acceptors (Lipinski definition) is 6. The van der Waals surface area contributed by atoms with Crippen LogP contribution in [-0.2, 0) is 16.3 Å². The molecule has 0 fully saturated rings. The number of alkyl halides is 3. The van der Waals surface area contributed by atoms with Gasteiger partial charge in [0.2, 0.25) is 0 Å². The fourth-order valence-electron chi connectivity index (χ4n) is 3.32. The molecule has 34 heavy (non-hydrogen) atoms. The van der Waals surface area contributed by atoms with Gasteiger partial charge in [-0.1, -0.05) is 42.5 Å². The Kier molecular flexibility index (Phi) is 7.44. The van der Waals surface area contributed by atoms with Crippen LogP contribution in [-0.4, -0.2) is 47.5 Å². The number of hydrogen-bond donors (Lipinski definition) is 2. The summed E-state index contributed by atoms with van der Waals surface area (Å²) < 4.78 is 72.9. The van der Waals surface area contributed by atoms with E-state index >= 15 is 0 Å². The first kappa shape index (κ1) is 25.8. The van der Waals surface area contributed by atoms with Gasteiger partial charge in [-0.05, 0) is 24.3 Å². The fourth-order valence-corrected chi connectivity index (χ4v) is 4.03. The number of nitrogens with zero attached hydrogens (tertiary/aromatic N) is 3. The first-order valence-corrected chi connectivity index (χ1v) is 10.8. The van der Waals surface area contributed by atoms with E-state index in [9.17, 15) is 26.1 Å². The molecular formula is C22H16F3N4NaO3S. The molecule has 0 saturated carbocycles. The Morgan fingerprint density at radius 1 is 0.912 bits per heavy atom. The zero-order valence-electron chi connectivity index (χ0n) is 16.7. The summed E-state index contributed by atoms with van der Waals surface area (Å²) in [5.41, 5.74) is 5.64. The van der Waals surface area contributed by atoms with E-state index in [0.717, 1.165) is 12.1 Å². The molecule has 3 aromatic carbocycles. The number of aromatic nitrogens is 1. The summed E-state index contributed by atoms with van der Waals surface area (Å²) in [7, 11) is -4.57. The molecule has 0 aliphatic rings. The summed E-state index contributed by atoms with van der Waals surface area (Å²) in [6.45, 7) is 0. The Hall–Kier alpha value is -2.83. The van der Waals surface area contributed by atoms with E-state index in [1.807, 2.05) is 0 Å². The number of rotatable bonds is 4. The number of anilines is 1. The third kappa shape index (κ3) is 5.29. The van der Waals surface area contributed by atoms with E-state index in [-0.39, 0.29) is 68.2 Å². The molecule has 0 unspecified atom stereocenters. The molecule has 170 valence electrons. The molecule has 1 aromatic heterocycles. The number of halogens is 3. The zero-order valence-corrected chi connectivity index (χ0v) is 17.5. The Morgan fingerprint density at radius 2 is 1.56 bits per heavy atom. The number of nitrogens with two attached hydrogens (primary N) is 1. The maximum absolute atomic E-state index is 13.3. The number of fused-ring (bicyclic) bond motifs is 1. The van der Waals surface area contributed by atoms with Crippen LogP contribution in [0.2, 0.25) is 0 Å². The third-order valence-corrected chi connectivity index (χ3v) is 5.73. The van der Waals surface area contributed by atoms with Gasteiger partial charge < -0.3 is 5.73 Å². The van der Waals surface area contributed by atoms with E-state index in [1.54, 1.807) is 18.2 Å². The summed E-state index contributed by atoms with van der Waals surface area (Å²) >= 11 is 0. The first-order valence-electron chi connectivity index (χ1n) is 9.39. The number of nitrogen functional groups attached to an aromatic ring is 1. The van der Waals surface area contributed by atoms with Gasteiger partial charge in [0.05, 0.1) is 23.1 Å². The van der Waals surface area contributed by atoms with Crippen LogP contribution in [0.5, 0.6) is 0 Å². The van der Waals surface area contributed by atoms with Gasteiger partial charge >= 0.3 is 35.7 Å². The minimum atomic E-state index is -4.57. The minimum absolute atomic E-state index is 0. The summed E-state index contributed by atoms with van der Waals surface area (Å²) in [4.78, 5) is 3.67. The van der Waals surface area contributed by atoms with Crippen LogP contribution in [0.15, 0.2) is 88.1 Å². The Balaban J connectivity index is 0.00000324. The molecular weight excluding hydrogens is 480 g/mol. The van der Waals surface area contributed by atoms with Gasteiger partial charge in [-0.25, -0.2) is 0 Å². The Labute approximate surface area is 214 Å². The fraction of sp³-hybridized carbons (Fsp3) is 0.0455. The van der Waals surface area contributed by atoms with Crippen molar-refractivity contribution in [2.75, 3.05) is 5.73 Å². The van der Waals surface area contributed by atoms with Crippen molar-refractivity contribution in [2.45, 2.75) is 11.1 Å². The van der Waals surface area contributed by atoms with E-state index in [0.29, 0.717) is 5.39 Å². The topological polar surface area (TPSA) is 118 Å². The third-order valence-electron chi connectivity index (χ3n) is 4.83. The van der Waals surface area contributed by atoms with Crippen molar-refractivity contribution in [3.05, 3.63) is 78.5 Å². The molecule has 0 aliphatic heterocycles. The SMILES string of the molecule is Nc1c(N=Nc2ccc(-c3ccccc3C(F)(F)F)nc2)cc(S(=O)(=O)O)c2ccccc12.[NaH]. The molecule has 0 atom stereocenters. The van der Waals surface area contributed by atoms with Crippen LogP contribution in [0, 0.1) is 0 Å². The van der Waals surface area contributed by atoms with Crippen LogP contribution in [0.25, 0.3) is 22.0 Å². The molecule has 0 spiro atoms. The van der Waals surface area contributed by atoms with Crippen molar-refractivity contribution in [2.24, 2.45) is 10.2 Å². The maximum atomic E-state index is 13.3. The van der Waals surface area contributed by atoms with Gasteiger partial charge in [-0.2, -0.15) is 21.6 Å². The summed E-state index contributed by atoms with van der Waals surface area (Å²) in [6, 6.07) is 15.3. The van der Waals surface area contributed by atoms with Crippen LogP contribution in [0.4, 0.5) is 30.2 Å². The molecule has 0 amide bonds. The second kappa shape index (κ2) is 9.80. The second-order valence-electron chi connectivity index (χ2n) is 6.97. The molecule has 4 rings (SSSR count). The normalized spacial score (nSPS) is 12.1. The van der Waals surface area contributed by atoms with E-state index in [1.165, 1.54) is 42.6 Å². The molecule has 0 saturated heterocycles. The second-order valence-corrected chi connectivity index (χ2v) is 8.36. The Bertz CT molecular complexity index is 1490. The predicted octanol–water partition coefficient (Wildman–Crippen LogP) is 5.52. The quantitative estimate of drug-likeness (QED) is 0.167. The molecule has 12 heteroatoms. The van der Waals surface area contributed by atoms with E-state index in [4.69, 9.17) is 5.73 Å². The van der Waals surface area contributed by atoms with Gasteiger partial charge in [0.25, 0.3) is 10.1 Å². The molecule has 7 nitrogen and oxygen atoms in total. The average Bonchev–Trinajstić information content (AvgIpc) is 2.78. The summed E-state index contributed by atoms with van der Waals surface area (Å²) in [6.07, 6.45) is -3.30. The standard InChI is InChI=1S/C22H15F3N4O3S.Na.H/c23-22(24,25)17-8-4-3-7-16(17)18-10-9-13(12-27-18)28-29-19-11-20(33(30,31)32)14-5-1-2-6-15(14)21(19)26;;/h1-12H,26H2,(H,30,31,32);;. The van der Waals surface area contributed by atoms with Crippen LogP contribution in [0.1, 0.15) is 5.56 Å². The Morgan fingerprint density at radius 3 is 2.18 bits per heavy atom. The number of azo groups is 1. The van der Waals surface area contributed by atoms with Crippen molar-refractivity contribution in [1.29, 1.82) is 0 Å². The number of pyridine rings is 1. The van der Waals surface area contributed by atoms with Crippen molar-refractivity contribution in [3.8, 4) is 11.3 Å². The monoisotopic (exact) mass is 496 g/mol. The molecule has 3 N–H and O–H groups in total. The van der Waals surface area contributed by atoms with Crippen molar-refractivity contribution in [3.63, 3.8) is 0 Å². The first-order chi connectivity index (χ1) is 15.6. The molecule has 4 aromatic rings. The van der Waals surface area contributed by atoms with E-state index in [2.05, 4.69) is 15.2 Å². The van der Waals surface area contributed by atoms with Crippen molar-refractivity contribution in [1.82, 2.24) is 4.98 Å². The number of benzene rings is 3. The van der Waals surface area contributed by atoms with Crippen molar-refractivity contribution >= 4 is 67.5 Å². The molecule has 0 aliphatic carbocycles.